The molecule has 88 valence electrons. The first kappa shape index (κ1) is 12.7. The highest BCUT2D eigenvalue weighted by Crippen LogP contribution is 2.49. The lowest BCUT2D eigenvalue weighted by atomic mass is 9.61. The smallest absolute Gasteiger partial charge is 0.0735 e. The zero-order chi connectivity index (χ0) is 11.4. The average molecular weight is 212 g/mol. The summed E-state index contributed by atoms with van der Waals surface area (Å²) >= 11 is 0. The molecule has 0 aliphatic heterocycles. The van der Waals surface area contributed by atoms with Gasteiger partial charge in [0.25, 0.3) is 0 Å². The Kier molecular flexibility index (Phi) is 4.35. The van der Waals surface area contributed by atoms with E-state index in [9.17, 15) is 5.11 Å². The lowest BCUT2D eigenvalue weighted by Gasteiger charge is -2.48. The molecule has 1 aliphatic rings. The van der Waals surface area contributed by atoms with E-state index in [1.807, 2.05) is 6.08 Å². The van der Waals surface area contributed by atoms with Crippen LogP contribution in [-0.4, -0.2) is 22.4 Å². The third kappa shape index (κ3) is 2.61. The van der Waals surface area contributed by atoms with Crippen LogP contribution < -0.4 is 0 Å². The molecule has 0 spiro atoms. The molecular weight excluding hydrogens is 188 g/mol. The molecule has 0 aromatic rings. The first-order valence-electron chi connectivity index (χ1n) is 6.02. The molecule has 0 aromatic carbocycles. The van der Waals surface area contributed by atoms with Gasteiger partial charge in [0.15, 0.2) is 0 Å². The van der Waals surface area contributed by atoms with Gasteiger partial charge in [0.1, 0.15) is 0 Å². The topological polar surface area (TPSA) is 40.5 Å². The molecule has 0 saturated heterocycles. The van der Waals surface area contributed by atoms with Crippen LogP contribution in [-0.2, 0) is 0 Å². The molecule has 0 heterocycles. The van der Waals surface area contributed by atoms with Gasteiger partial charge in [-0.05, 0) is 37.5 Å². The largest absolute Gasteiger partial charge is 0.396 e. The van der Waals surface area contributed by atoms with Gasteiger partial charge in [-0.25, -0.2) is 0 Å². The molecule has 1 fully saturated rings. The quantitative estimate of drug-likeness (QED) is 0.688. The summed E-state index contributed by atoms with van der Waals surface area (Å²) in [6.07, 6.45) is 8.44. The second-order valence-corrected chi connectivity index (χ2v) is 5.12. The first-order chi connectivity index (χ1) is 7.08. The molecule has 15 heavy (non-hydrogen) atoms. The summed E-state index contributed by atoms with van der Waals surface area (Å²) in [6, 6.07) is 0. The van der Waals surface area contributed by atoms with E-state index in [0.717, 1.165) is 32.1 Å². The maximum Gasteiger partial charge on any atom is 0.0735 e. The minimum Gasteiger partial charge on any atom is -0.396 e. The van der Waals surface area contributed by atoms with Crippen molar-refractivity contribution < 1.29 is 10.2 Å². The molecule has 0 bridgehead atoms. The molecule has 0 aromatic heterocycles. The van der Waals surface area contributed by atoms with E-state index >= 15 is 0 Å². The van der Waals surface area contributed by atoms with Crippen LogP contribution in [0.5, 0.6) is 0 Å². The van der Waals surface area contributed by atoms with Crippen molar-refractivity contribution in [1.29, 1.82) is 0 Å². The molecule has 1 aliphatic carbocycles. The van der Waals surface area contributed by atoms with Crippen molar-refractivity contribution in [2.24, 2.45) is 5.41 Å². The Balaban J connectivity index is 2.74. The summed E-state index contributed by atoms with van der Waals surface area (Å²) < 4.78 is 0. The van der Waals surface area contributed by atoms with Crippen LogP contribution >= 0.6 is 0 Å². The highest BCUT2D eigenvalue weighted by Gasteiger charge is 2.46. The Morgan fingerprint density at radius 1 is 1.33 bits per heavy atom. The van der Waals surface area contributed by atoms with Crippen LogP contribution in [0, 0.1) is 5.41 Å². The van der Waals surface area contributed by atoms with Crippen molar-refractivity contribution in [3.63, 3.8) is 0 Å². The van der Waals surface area contributed by atoms with E-state index < -0.39 is 5.60 Å². The van der Waals surface area contributed by atoms with Crippen LogP contribution in [0.1, 0.15) is 51.9 Å². The maximum atomic E-state index is 10.7. The fourth-order valence-corrected chi connectivity index (χ4v) is 2.88. The number of hydrogen-bond donors (Lipinski definition) is 2. The molecule has 1 saturated carbocycles. The van der Waals surface area contributed by atoms with E-state index in [2.05, 4.69) is 13.5 Å². The second kappa shape index (κ2) is 5.13. The van der Waals surface area contributed by atoms with Crippen LogP contribution in [0.25, 0.3) is 0 Å². The fraction of sp³-hybridized carbons (Fsp3) is 0.846. The molecule has 2 N–H and O–H groups in total. The van der Waals surface area contributed by atoms with Crippen LogP contribution in [0.3, 0.4) is 0 Å². The van der Waals surface area contributed by atoms with E-state index in [4.69, 9.17) is 5.11 Å². The third-order valence-electron chi connectivity index (χ3n) is 4.06. The molecule has 0 unspecified atom stereocenters. The van der Waals surface area contributed by atoms with Gasteiger partial charge in [-0.2, -0.15) is 0 Å². The van der Waals surface area contributed by atoms with Crippen LogP contribution in [0.15, 0.2) is 12.7 Å². The Hall–Kier alpha value is -0.340. The van der Waals surface area contributed by atoms with Gasteiger partial charge in [0, 0.05) is 6.61 Å². The molecule has 1 rings (SSSR count). The van der Waals surface area contributed by atoms with Gasteiger partial charge >= 0.3 is 0 Å². The summed E-state index contributed by atoms with van der Waals surface area (Å²) in [5, 5.41) is 19.6. The van der Waals surface area contributed by atoms with Crippen molar-refractivity contribution in [1.82, 2.24) is 0 Å². The number of aliphatic hydroxyl groups excluding tert-OH is 1. The maximum absolute atomic E-state index is 10.7. The Bertz CT molecular complexity index is 215. The fourth-order valence-electron chi connectivity index (χ4n) is 2.88. The van der Waals surface area contributed by atoms with Crippen LogP contribution in [0.4, 0.5) is 0 Å². The molecule has 2 nitrogen and oxygen atoms in total. The molecule has 2 atom stereocenters. The highest BCUT2D eigenvalue weighted by molar-refractivity contribution is 5.01. The standard InChI is InChI=1S/C13H24O2/c1-3-7-13(15)10-5-4-8-12(13,2)9-6-11-14/h3,14-15H,1,4-11H2,2H3/t12-,13+/m0/s1. The highest BCUT2D eigenvalue weighted by atomic mass is 16.3. The Labute approximate surface area is 93.0 Å². The van der Waals surface area contributed by atoms with Gasteiger partial charge in [-0.3, -0.25) is 0 Å². The zero-order valence-electron chi connectivity index (χ0n) is 9.84. The molecular formula is C13H24O2. The zero-order valence-corrected chi connectivity index (χ0v) is 9.84. The molecule has 2 heteroatoms. The summed E-state index contributed by atoms with van der Waals surface area (Å²) in [6.45, 7) is 6.12. The lowest BCUT2D eigenvalue weighted by molar-refractivity contribution is -0.109. The van der Waals surface area contributed by atoms with Crippen molar-refractivity contribution >= 4 is 0 Å². The van der Waals surface area contributed by atoms with E-state index in [1.54, 1.807) is 0 Å². The molecule has 0 amide bonds. The minimum absolute atomic E-state index is 0.0395. The van der Waals surface area contributed by atoms with Gasteiger partial charge in [0.2, 0.25) is 0 Å². The average Bonchev–Trinajstić information content (AvgIpc) is 2.21. The predicted octanol–water partition coefficient (Wildman–Crippen LogP) is 2.65. The lowest BCUT2D eigenvalue weighted by Crippen LogP contribution is -2.48. The van der Waals surface area contributed by atoms with Crippen molar-refractivity contribution in [3.05, 3.63) is 12.7 Å². The summed E-state index contributed by atoms with van der Waals surface area (Å²) in [5.41, 5.74) is -0.635. The normalized spacial score (nSPS) is 36.5. The Morgan fingerprint density at radius 2 is 2.00 bits per heavy atom. The van der Waals surface area contributed by atoms with E-state index in [-0.39, 0.29) is 12.0 Å². The number of hydrogen-bond acceptors (Lipinski definition) is 2. The Morgan fingerprint density at radius 3 is 2.60 bits per heavy atom. The van der Waals surface area contributed by atoms with Gasteiger partial charge < -0.3 is 10.2 Å². The number of aliphatic hydroxyl groups is 2. The predicted molar refractivity (Wildman–Crippen MR) is 62.7 cm³/mol. The monoisotopic (exact) mass is 212 g/mol. The summed E-state index contributed by atoms with van der Waals surface area (Å²) in [5.74, 6) is 0. The van der Waals surface area contributed by atoms with Gasteiger partial charge in [-0.15, -0.1) is 6.58 Å². The summed E-state index contributed by atoms with van der Waals surface area (Å²) in [4.78, 5) is 0. The third-order valence-corrected chi connectivity index (χ3v) is 4.06. The SMILES string of the molecule is C=CC[C@@]1(O)CCCC[C@@]1(C)CCCO. The van der Waals surface area contributed by atoms with Crippen molar-refractivity contribution in [2.45, 2.75) is 57.5 Å². The summed E-state index contributed by atoms with van der Waals surface area (Å²) in [7, 11) is 0. The van der Waals surface area contributed by atoms with Gasteiger partial charge in [0.05, 0.1) is 5.60 Å². The van der Waals surface area contributed by atoms with E-state index in [1.165, 1.54) is 6.42 Å². The minimum atomic E-state index is -0.595. The number of rotatable bonds is 5. The van der Waals surface area contributed by atoms with Gasteiger partial charge in [-0.1, -0.05) is 25.8 Å². The van der Waals surface area contributed by atoms with Crippen LogP contribution in [0.2, 0.25) is 0 Å². The van der Waals surface area contributed by atoms with Crippen molar-refractivity contribution in [2.75, 3.05) is 6.61 Å². The van der Waals surface area contributed by atoms with Crippen molar-refractivity contribution in [3.8, 4) is 0 Å². The second-order valence-electron chi connectivity index (χ2n) is 5.12. The van der Waals surface area contributed by atoms with E-state index in [0.29, 0.717) is 6.42 Å². The molecule has 0 radical (unpaired) electrons. The first-order valence-corrected chi connectivity index (χ1v) is 6.02.